The maximum Gasteiger partial charge on any atom is 0.338 e. The van der Waals surface area contributed by atoms with E-state index in [4.69, 9.17) is 10.5 Å². The van der Waals surface area contributed by atoms with E-state index in [2.05, 4.69) is 15.9 Å². The zero-order chi connectivity index (χ0) is 12.0. The molecule has 0 aliphatic heterocycles. The molecule has 86 valence electrons. The van der Waals surface area contributed by atoms with Crippen LogP contribution < -0.4 is 5.73 Å². The molecule has 0 aliphatic rings. The number of rotatable bonds is 4. The molecule has 1 aromatic carbocycles. The maximum atomic E-state index is 11.5. The highest BCUT2D eigenvalue weighted by Crippen LogP contribution is 2.16. The average molecular weight is 284 g/mol. The van der Waals surface area contributed by atoms with Gasteiger partial charge in [0.05, 0.1) is 12.2 Å². The second-order valence-electron chi connectivity index (χ2n) is 3.12. The Morgan fingerprint density at radius 1 is 1.56 bits per heavy atom. The molecule has 0 radical (unpaired) electrons. The smallest absolute Gasteiger partial charge is 0.338 e. The molecule has 16 heavy (non-hydrogen) atoms. The van der Waals surface area contributed by atoms with Crippen molar-refractivity contribution < 1.29 is 9.53 Å². The van der Waals surface area contributed by atoms with Crippen molar-refractivity contribution in [3.63, 3.8) is 0 Å². The number of hydrogen-bond acceptors (Lipinski definition) is 3. The molecule has 1 rings (SSSR count). The Kier molecular flexibility index (Phi) is 5.05. The Morgan fingerprint density at radius 3 is 2.94 bits per heavy atom. The summed E-state index contributed by atoms with van der Waals surface area (Å²) in [6, 6.07) is 5.10. The van der Waals surface area contributed by atoms with Crippen LogP contribution in [0.1, 0.15) is 22.8 Å². The van der Waals surface area contributed by atoms with Crippen LogP contribution in [0.15, 0.2) is 24.3 Å². The lowest BCUT2D eigenvalue weighted by molar-refractivity contribution is 0.0526. The van der Waals surface area contributed by atoms with Gasteiger partial charge in [0.2, 0.25) is 0 Å². The van der Waals surface area contributed by atoms with E-state index in [0.717, 1.165) is 10.9 Å². The Hall–Kier alpha value is -1.29. The standard InChI is InChI=1S/C12H14BrNO2/c1-2-16-12(15)10-5-6-11(14)9(8-10)4-3-7-13/h3-6,8H,2,7,14H2,1H3. The number of carbonyl (C=O) groups excluding carboxylic acids is 1. The van der Waals surface area contributed by atoms with Crippen LogP contribution in [0.2, 0.25) is 0 Å². The number of benzene rings is 1. The number of nitrogens with two attached hydrogens (primary N) is 1. The van der Waals surface area contributed by atoms with Crippen LogP contribution >= 0.6 is 15.9 Å². The third-order valence-corrected chi connectivity index (χ3v) is 2.36. The minimum atomic E-state index is -0.323. The Balaban J connectivity index is 2.97. The van der Waals surface area contributed by atoms with Crippen LogP contribution in [0.5, 0.6) is 0 Å². The van der Waals surface area contributed by atoms with Gasteiger partial charge in [-0.1, -0.05) is 28.1 Å². The molecule has 3 nitrogen and oxygen atoms in total. The summed E-state index contributed by atoms with van der Waals surface area (Å²) in [5.41, 5.74) is 7.77. The van der Waals surface area contributed by atoms with Crippen molar-refractivity contribution in [1.29, 1.82) is 0 Å². The molecule has 0 fully saturated rings. The summed E-state index contributed by atoms with van der Waals surface area (Å²) in [5, 5.41) is 0.746. The van der Waals surface area contributed by atoms with Crippen molar-refractivity contribution in [2.75, 3.05) is 17.7 Å². The van der Waals surface area contributed by atoms with E-state index in [1.807, 2.05) is 12.2 Å². The third-order valence-electron chi connectivity index (χ3n) is 1.98. The normalized spacial score (nSPS) is 10.6. The van der Waals surface area contributed by atoms with Gasteiger partial charge in [0.25, 0.3) is 0 Å². The fourth-order valence-corrected chi connectivity index (χ4v) is 1.42. The van der Waals surface area contributed by atoms with Crippen molar-refractivity contribution in [3.05, 3.63) is 35.4 Å². The summed E-state index contributed by atoms with van der Waals surface area (Å²) < 4.78 is 4.91. The van der Waals surface area contributed by atoms with E-state index in [1.54, 1.807) is 25.1 Å². The SMILES string of the molecule is CCOC(=O)c1ccc(N)c(C=CCBr)c1. The summed E-state index contributed by atoms with van der Waals surface area (Å²) in [6.07, 6.45) is 3.79. The summed E-state index contributed by atoms with van der Waals surface area (Å²) >= 11 is 3.28. The number of esters is 1. The predicted molar refractivity (Wildman–Crippen MR) is 69.6 cm³/mol. The number of alkyl halides is 1. The van der Waals surface area contributed by atoms with Gasteiger partial charge in [0.1, 0.15) is 0 Å². The van der Waals surface area contributed by atoms with Gasteiger partial charge in [0.15, 0.2) is 0 Å². The van der Waals surface area contributed by atoms with E-state index < -0.39 is 0 Å². The van der Waals surface area contributed by atoms with Crippen molar-refractivity contribution in [3.8, 4) is 0 Å². The van der Waals surface area contributed by atoms with Crippen molar-refractivity contribution in [1.82, 2.24) is 0 Å². The quantitative estimate of drug-likeness (QED) is 0.525. The molecule has 0 heterocycles. The van der Waals surface area contributed by atoms with E-state index >= 15 is 0 Å². The lowest BCUT2D eigenvalue weighted by atomic mass is 10.1. The van der Waals surface area contributed by atoms with Crippen LogP contribution in [-0.4, -0.2) is 17.9 Å². The molecule has 0 unspecified atom stereocenters. The second-order valence-corrected chi connectivity index (χ2v) is 3.77. The number of hydrogen-bond donors (Lipinski definition) is 1. The van der Waals surface area contributed by atoms with Gasteiger partial charge in [-0.2, -0.15) is 0 Å². The zero-order valence-corrected chi connectivity index (χ0v) is 10.7. The van der Waals surface area contributed by atoms with Crippen molar-refractivity contribution in [2.24, 2.45) is 0 Å². The number of carbonyl (C=O) groups is 1. The van der Waals surface area contributed by atoms with Crippen LogP contribution in [0.3, 0.4) is 0 Å². The first-order valence-corrected chi connectivity index (χ1v) is 6.10. The topological polar surface area (TPSA) is 52.3 Å². The zero-order valence-electron chi connectivity index (χ0n) is 9.07. The minimum absolute atomic E-state index is 0.323. The molecular formula is C12H14BrNO2. The summed E-state index contributed by atoms with van der Waals surface area (Å²) in [7, 11) is 0. The summed E-state index contributed by atoms with van der Waals surface area (Å²) in [5.74, 6) is -0.323. The van der Waals surface area contributed by atoms with E-state index in [1.165, 1.54) is 0 Å². The highest BCUT2D eigenvalue weighted by molar-refractivity contribution is 9.09. The van der Waals surface area contributed by atoms with Gasteiger partial charge < -0.3 is 10.5 Å². The van der Waals surface area contributed by atoms with Crippen molar-refractivity contribution >= 4 is 33.7 Å². The first kappa shape index (κ1) is 12.8. The van der Waals surface area contributed by atoms with Crippen LogP contribution in [-0.2, 0) is 4.74 Å². The molecule has 1 aromatic rings. The monoisotopic (exact) mass is 283 g/mol. The maximum absolute atomic E-state index is 11.5. The van der Waals surface area contributed by atoms with E-state index in [0.29, 0.717) is 17.9 Å². The fourth-order valence-electron chi connectivity index (χ4n) is 1.23. The molecule has 4 heteroatoms. The number of anilines is 1. The molecule has 2 N–H and O–H groups in total. The van der Waals surface area contributed by atoms with Crippen LogP contribution in [0, 0.1) is 0 Å². The van der Waals surface area contributed by atoms with Gasteiger partial charge in [-0.3, -0.25) is 0 Å². The molecule has 0 aromatic heterocycles. The molecule has 0 aliphatic carbocycles. The van der Waals surface area contributed by atoms with Crippen LogP contribution in [0.4, 0.5) is 5.69 Å². The third kappa shape index (κ3) is 3.38. The van der Waals surface area contributed by atoms with Gasteiger partial charge in [-0.05, 0) is 30.7 Å². The number of ether oxygens (including phenoxy) is 1. The summed E-state index contributed by atoms with van der Waals surface area (Å²) in [6.45, 7) is 2.15. The lowest BCUT2D eigenvalue weighted by Crippen LogP contribution is -2.05. The Labute approximate surface area is 103 Å². The number of allylic oxidation sites excluding steroid dienone is 1. The predicted octanol–water partition coefficient (Wildman–Crippen LogP) is 2.85. The Morgan fingerprint density at radius 2 is 2.31 bits per heavy atom. The van der Waals surface area contributed by atoms with E-state index in [9.17, 15) is 4.79 Å². The molecule has 0 spiro atoms. The Bertz CT molecular complexity index is 402. The molecule has 0 bridgehead atoms. The highest BCUT2D eigenvalue weighted by atomic mass is 79.9. The molecule has 0 saturated heterocycles. The average Bonchev–Trinajstić information content (AvgIpc) is 2.28. The second kappa shape index (κ2) is 6.33. The summed E-state index contributed by atoms with van der Waals surface area (Å²) in [4.78, 5) is 11.5. The largest absolute Gasteiger partial charge is 0.462 e. The van der Waals surface area contributed by atoms with Gasteiger partial charge in [-0.25, -0.2) is 4.79 Å². The highest BCUT2D eigenvalue weighted by Gasteiger charge is 2.07. The molecule has 0 saturated carbocycles. The number of halogens is 1. The van der Waals surface area contributed by atoms with Crippen LogP contribution in [0.25, 0.3) is 6.08 Å². The van der Waals surface area contributed by atoms with Crippen molar-refractivity contribution in [2.45, 2.75) is 6.92 Å². The first-order valence-electron chi connectivity index (χ1n) is 4.98. The van der Waals surface area contributed by atoms with Gasteiger partial charge >= 0.3 is 5.97 Å². The first-order chi connectivity index (χ1) is 7.69. The number of nitrogen functional groups attached to an aromatic ring is 1. The van der Waals surface area contributed by atoms with Gasteiger partial charge in [0, 0.05) is 11.0 Å². The van der Waals surface area contributed by atoms with Gasteiger partial charge in [-0.15, -0.1) is 0 Å². The fraction of sp³-hybridized carbons (Fsp3) is 0.250. The van der Waals surface area contributed by atoms with E-state index in [-0.39, 0.29) is 5.97 Å². The molecule has 0 atom stereocenters. The molecule has 0 amide bonds. The molecular weight excluding hydrogens is 270 g/mol. The minimum Gasteiger partial charge on any atom is -0.462 e. The lowest BCUT2D eigenvalue weighted by Gasteiger charge is -2.05.